The van der Waals surface area contributed by atoms with Gasteiger partial charge in [-0.15, -0.1) is 0 Å². The number of nitrogens with one attached hydrogen (secondary N) is 3. The van der Waals surface area contributed by atoms with Crippen LogP contribution in [-0.4, -0.2) is 16.2 Å². The molecule has 1 aromatic heterocycles. The van der Waals surface area contributed by atoms with Crippen LogP contribution in [-0.2, 0) is 0 Å². The van der Waals surface area contributed by atoms with E-state index in [1.807, 2.05) is 6.07 Å². The summed E-state index contributed by atoms with van der Waals surface area (Å²) in [5, 5.41) is 20.7. The zero-order chi connectivity index (χ0) is 13.8. The lowest BCUT2D eigenvalue weighted by Gasteiger charge is -2.07. The Morgan fingerprint density at radius 1 is 1.26 bits per heavy atom. The van der Waals surface area contributed by atoms with Crippen molar-refractivity contribution < 1.29 is 4.79 Å². The molecule has 1 heterocycles. The maximum absolute atomic E-state index is 11.7. The van der Waals surface area contributed by atoms with E-state index in [-0.39, 0.29) is 11.4 Å². The number of carbonyl (C=O) groups is 1. The van der Waals surface area contributed by atoms with Gasteiger partial charge in [0.05, 0.1) is 6.20 Å². The number of rotatable bonds is 2. The van der Waals surface area contributed by atoms with Gasteiger partial charge in [0.25, 0.3) is 0 Å². The third-order valence-corrected chi connectivity index (χ3v) is 2.56. The molecule has 0 radical (unpaired) electrons. The fraction of sp³-hybridized carbons (Fsp3) is 0. The summed E-state index contributed by atoms with van der Waals surface area (Å²) in [5.74, 6) is 0.216. The zero-order valence-corrected chi connectivity index (χ0v) is 10.9. The number of aromatic nitrogens is 2. The molecule has 2 aromatic rings. The summed E-state index contributed by atoms with van der Waals surface area (Å²) in [6, 6.07) is 5.99. The number of nitrogens with zero attached hydrogens (tertiary/aromatic N) is 2. The van der Waals surface area contributed by atoms with Crippen LogP contribution >= 0.6 is 23.2 Å². The molecule has 19 heavy (non-hydrogen) atoms. The summed E-state index contributed by atoms with van der Waals surface area (Å²) in [4.78, 5) is 11.7. The second kappa shape index (κ2) is 5.61. The normalized spacial score (nSPS) is 9.74. The maximum Gasteiger partial charge on any atom is 0.324 e. The van der Waals surface area contributed by atoms with Gasteiger partial charge in [-0.25, -0.2) is 4.79 Å². The molecule has 8 heteroatoms. The molecule has 0 saturated heterocycles. The first kappa shape index (κ1) is 13.2. The van der Waals surface area contributed by atoms with E-state index in [1.165, 1.54) is 6.20 Å². The summed E-state index contributed by atoms with van der Waals surface area (Å²) in [6.07, 6.45) is 1.31. The first-order valence-corrected chi connectivity index (χ1v) is 5.81. The smallest absolute Gasteiger partial charge is 0.308 e. The summed E-state index contributed by atoms with van der Waals surface area (Å²) in [6.45, 7) is 0. The van der Waals surface area contributed by atoms with Crippen LogP contribution in [0.4, 0.5) is 16.3 Å². The number of nitriles is 1. The number of aromatic amines is 1. The first-order chi connectivity index (χ1) is 9.08. The van der Waals surface area contributed by atoms with E-state index < -0.39 is 6.03 Å². The first-order valence-electron chi connectivity index (χ1n) is 5.06. The summed E-state index contributed by atoms with van der Waals surface area (Å²) >= 11 is 11.6. The molecule has 0 aliphatic carbocycles. The quantitative estimate of drug-likeness (QED) is 0.794. The Morgan fingerprint density at radius 3 is 2.58 bits per heavy atom. The predicted octanol–water partition coefficient (Wildman–Crippen LogP) is 3.23. The van der Waals surface area contributed by atoms with Gasteiger partial charge in [0.15, 0.2) is 0 Å². The fourth-order valence-corrected chi connectivity index (χ4v) is 1.89. The third-order valence-electron chi connectivity index (χ3n) is 2.12. The van der Waals surface area contributed by atoms with Crippen LogP contribution in [0.3, 0.4) is 0 Å². The molecule has 0 aliphatic heterocycles. The Bertz CT molecular complexity index is 641. The zero-order valence-electron chi connectivity index (χ0n) is 9.37. The third kappa shape index (κ3) is 3.37. The molecule has 0 bridgehead atoms. The number of halogens is 2. The number of anilines is 2. The van der Waals surface area contributed by atoms with Crippen molar-refractivity contribution in [1.82, 2.24) is 10.2 Å². The second-order valence-corrected chi connectivity index (χ2v) is 4.38. The maximum atomic E-state index is 11.7. The van der Waals surface area contributed by atoms with E-state index in [0.29, 0.717) is 15.7 Å². The molecule has 2 rings (SSSR count). The molecule has 96 valence electrons. The number of urea groups is 1. The highest BCUT2D eigenvalue weighted by atomic mass is 35.5. The molecular formula is C11H7Cl2N5O. The number of carbonyl (C=O) groups excluding carboxylic acids is 1. The van der Waals surface area contributed by atoms with Gasteiger partial charge in [0, 0.05) is 15.7 Å². The monoisotopic (exact) mass is 295 g/mol. The lowest BCUT2D eigenvalue weighted by Crippen LogP contribution is -2.20. The van der Waals surface area contributed by atoms with Crippen LogP contribution in [0.25, 0.3) is 0 Å². The minimum absolute atomic E-state index is 0.216. The minimum Gasteiger partial charge on any atom is -0.308 e. The van der Waals surface area contributed by atoms with Crippen LogP contribution in [0, 0.1) is 11.3 Å². The van der Waals surface area contributed by atoms with E-state index in [0.717, 1.165) is 0 Å². The van der Waals surface area contributed by atoms with Gasteiger partial charge in [0.2, 0.25) is 0 Å². The van der Waals surface area contributed by atoms with E-state index >= 15 is 0 Å². The van der Waals surface area contributed by atoms with Crippen LogP contribution in [0.15, 0.2) is 24.4 Å². The topological polar surface area (TPSA) is 93.6 Å². The highest BCUT2D eigenvalue weighted by Gasteiger charge is 2.09. The summed E-state index contributed by atoms with van der Waals surface area (Å²) in [7, 11) is 0. The van der Waals surface area contributed by atoms with Crippen LogP contribution in [0.5, 0.6) is 0 Å². The molecule has 1 aromatic carbocycles. The Labute approximate surface area is 118 Å². The van der Waals surface area contributed by atoms with Crippen LogP contribution in [0.1, 0.15) is 5.56 Å². The predicted molar refractivity (Wildman–Crippen MR) is 72.4 cm³/mol. The molecule has 0 atom stereocenters. The van der Waals surface area contributed by atoms with E-state index in [4.69, 9.17) is 28.5 Å². The van der Waals surface area contributed by atoms with Gasteiger partial charge in [0.1, 0.15) is 17.5 Å². The van der Waals surface area contributed by atoms with Crippen LogP contribution in [0.2, 0.25) is 10.0 Å². The molecule has 0 unspecified atom stereocenters. The number of benzene rings is 1. The lowest BCUT2D eigenvalue weighted by molar-refractivity contribution is 0.262. The Kier molecular flexibility index (Phi) is 3.90. The van der Waals surface area contributed by atoms with E-state index in [2.05, 4.69) is 20.8 Å². The van der Waals surface area contributed by atoms with Crippen molar-refractivity contribution >= 4 is 40.7 Å². The molecule has 0 spiro atoms. The molecule has 3 N–H and O–H groups in total. The van der Waals surface area contributed by atoms with Gasteiger partial charge in [-0.05, 0) is 18.2 Å². The van der Waals surface area contributed by atoms with Gasteiger partial charge in [-0.1, -0.05) is 23.2 Å². The molecule has 6 nitrogen and oxygen atoms in total. The lowest BCUT2D eigenvalue weighted by atomic mass is 10.3. The highest BCUT2D eigenvalue weighted by molar-refractivity contribution is 6.35. The van der Waals surface area contributed by atoms with Crippen molar-refractivity contribution in [3.8, 4) is 6.07 Å². The molecule has 2 amide bonds. The van der Waals surface area contributed by atoms with Gasteiger partial charge in [-0.3, -0.25) is 10.4 Å². The molecule has 0 aliphatic rings. The number of hydrogen-bond donors (Lipinski definition) is 3. The number of H-pyrrole nitrogens is 1. The SMILES string of the molecule is N#Cc1cn[nH]c1NC(=O)Nc1cc(Cl)cc(Cl)c1. The highest BCUT2D eigenvalue weighted by Crippen LogP contribution is 2.22. The average molecular weight is 296 g/mol. The molecule has 0 saturated carbocycles. The Balaban J connectivity index is 2.08. The largest absolute Gasteiger partial charge is 0.324 e. The van der Waals surface area contributed by atoms with Crippen molar-refractivity contribution in [2.45, 2.75) is 0 Å². The van der Waals surface area contributed by atoms with Crippen molar-refractivity contribution in [3.05, 3.63) is 40.0 Å². The number of hydrogen-bond acceptors (Lipinski definition) is 3. The minimum atomic E-state index is -0.543. The van der Waals surface area contributed by atoms with Crippen molar-refractivity contribution in [2.24, 2.45) is 0 Å². The average Bonchev–Trinajstić information content (AvgIpc) is 2.74. The standard InChI is InChI=1S/C11H7Cl2N5O/c12-7-1-8(13)3-9(2-7)16-11(19)17-10-6(4-14)5-15-18-10/h1-3,5H,(H3,15,16,17,18,19). The fourth-order valence-electron chi connectivity index (χ4n) is 1.37. The van der Waals surface area contributed by atoms with Gasteiger partial charge < -0.3 is 5.32 Å². The van der Waals surface area contributed by atoms with Crippen molar-refractivity contribution in [3.63, 3.8) is 0 Å². The van der Waals surface area contributed by atoms with E-state index in [1.54, 1.807) is 18.2 Å². The summed E-state index contributed by atoms with van der Waals surface area (Å²) < 4.78 is 0. The van der Waals surface area contributed by atoms with Crippen molar-refractivity contribution in [2.75, 3.05) is 10.6 Å². The molecule has 0 fully saturated rings. The van der Waals surface area contributed by atoms with Crippen molar-refractivity contribution in [1.29, 1.82) is 5.26 Å². The van der Waals surface area contributed by atoms with Gasteiger partial charge in [-0.2, -0.15) is 10.4 Å². The summed E-state index contributed by atoms with van der Waals surface area (Å²) in [5.41, 5.74) is 0.673. The Morgan fingerprint density at radius 2 is 1.95 bits per heavy atom. The van der Waals surface area contributed by atoms with Gasteiger partial charge >= 0.3 is 6.03 Å². The molecular weight excluding hydrogens is 289 g/mol. The van der Waals surface area contributed by atoms with Crippen LogP contribution < -0.4 is 10.6 Å². The Hall–Kier alpha value is -2.23. The second-order valence-electron chi connectivity index (χ2n) is 3.51. The number of amides is 2. The van der Waals surface area contributed by atoms with E-state index in [9.17, 15) is 4.79 Å².